The molecule has 0 aromatic heterocycles. The number of allylic oxidation sites excluding steroid dienone is 2. The van der Waals surface area contributed by atoms with Gasteiger partial charge in [0, 0.05) is 24.6 Å². The Kier molecular flexibility index (Phi) is 6.10. The second-order valence-corrected chi connectivity index (χ2v) is 9.06. The van der Waals surface area contributed by atoms with Gasteiger partial charge in [-0.3, -0.25) is 4.79 Å². The van der Waals surface area contributed by atoms with E-state index in [1.807, 2.05) is 0 Å². The lowest BCUT2D eigenvalue weighted by Crippen LogP contribution is -2.50. The van der Waals surface area contributed by atoms with E-state index in [9.17, 15) is 10.0 Å². The van der Waals surface area contributed by atoms with Crippen molar-refractivity contribution in [1.82, 2.24) is 4.90 Å². The topological polar surface area (TPSA) is 71.4 Å². The number of nitrogens with zero attached hydrogens (tertiary/aromatic N) is 2. The number of hydrogen-bond acceptors (Lipinski definition) is 6. The maximum absolute atomic E-state index is 13.1. The van der Waals surface area contributed by atoms with Crippen molar-refractivity contribution in [2.45, 2.75) is 52.5 Å². The molecule has 1 aliphatic carbocycles. The Hall–Kier alpha value is -2.21. The van der Waals surface area contributed by atoms with Crippen LogP contribution in [-0.4, -0.2) is 42.4 Å². The van der Waals surface area contributed by atoms with Crippen LogP contribution in [0.3, 0.4) is 0 Å². The van der Waals surface area contributed by atoms with E-state index in [1.165, 1.54) is 11.1 Å². The highest BCUT2D eigenvalue weighted by Gasteiger charge is 2.48. The van der Waals surface area contributed by atoms with E-state index >= 15 is 0 Å². The quantitative estimate of drug-likeness (QED) is 0.558. The molecule has 164 valence electrons. The van der Waals surface area contributed by atoms with Crippen molar-refractivity contribution in [3.8, 4) is 11.5 Å². The third-order valence-corrected chi connectivity index (χ3v) is 6.66. The smallest absolute Gasteiger partial charge is 0.167 e. The van der Waals surface area contributed by atoms with Gasteiger partial charge in [-0.1, -0.05) is 25.9 Å². The van der Waals surface area contributed by atoms with Gasteiger partial charge in [-0.05, 0) is 47.9 Å². The van der Waals surface area contributed by atoms with Gasteiger partial charge in [0.15, 0.2) is 17.3 Å². The Bertz CT molecular complexity index is 922. The first-order valence-electron chi connectivity index (χ1n) is 10.3. The van der Waals surface area contributed by atoms with Gasteiger partial charge in [0.05, 0.1) is 31.5 Å². The van der Waals surface area contributed by atoms with Gasteiger partial charge >= 0.3 is 0 Å². The van der Waals surface area contributed by atoms with Crippen molar-refractivity contribution in [2.75, 3.05) is 20.8 Å². The molecule has 30 heavy (non-hydrogen) atoms. The first-order chi connectivity index (χ1) is 13.8. The summed E-state index contributed by atoms with van der Waals surface area (Å²) in [5, 5.41) is 13.6. The number of oxime groups is 1. The number of benzene rings is 1. The first kappa shape index (κ1) is 22.5. The molecule has 0 amide bonds. The molecular formula is C23H31ClN2O4. The van der Waals surface area contributed by atoms with Crippen LogP contribution in [0.2, 0.25) is 0 Å². The molecule has 6 nitrogen and oxygen atoms in total. The fourth-order valence-corrected chi connectivity index (χ4v) is 5.41. The van der Waals surface area contributed by atoms with Crippen molar-refractivity contribution >= 4 is 23.9 Å². The van der Waals surface area contributed by atoms with Crippen molar-refractivity contribution in [1.29, 1.82) is 0 Å². The predicted molar refractivity (Wildman–Crippen MR) is 118 cm³/mol. The second kappa shape index (κ2) is 8.14. The lowest BCUT2D eigenvalue weighted by Gasteiger charge is -2.51. The van der Waals surface area contributed by atoms with Gasteiger partial charge in [-0.25, -0.2) is 0 Å². The van der Waals surface area contributed by atoms with E-state index in [4.69, 9.17) is 9.47 Å². The molecule has 7 heteroatoms. The summed E-state index contributed by atoms with van der Waals surface area (Å²) in [6, 6.07) is 4.15. The fraction of sp³-hybridized carbons (Fsp3) is 0.565. The van der Waals surface area contributed by atoms with Gasteiger partial charge in [0.25, 0.3) is 0 Å². The summed E-state index contributed by atoms with van der Waals surface area (Å²) < 4.78 is 11.1. The Balaban J connectivity index is 0.00000256. The molecule has 4 rings (SSSR count). The van der Waals surface area contributed by atoms with Gasteiger partial charge in [0.1, 0.15) is 0 Å². The molecule has 3 aliphatic rings. The van der Waals surface area contributed by atoms with E-state index in [-0.39, 0.29) is 35.6 Å². The van der Waals surface area contributed by atoms with Crippen LogP contribution in [0.4, 0.5) is 0 Å². The number of fused-ring (bicyclic) bond motifs is 4. The maximum Gasteiger partial charge on any atom is 0.167 e. The molecule has 2 unspecified atom stereocenters. The van der Waals surface area contributed by atoms with Crippen LogP contribution in [0.15, 0.2) is 28.6 Å². The van der Waals surface area contributed by atoms with Gasteiger partial charge in [-0.2, -0.15) is 0 Å². The molecule has 0 saturated heterocycles. The lowest BCUT2D eigenvalue weighted by molar-refractivity contribution is -0.118. The fourth-order valence-electron chi connectivity index (χ4n) is 5.41. The van der Waals surface area contributed by atoms with E-state index in [2.05, 4.69) is 43.0 Å². The number of ketones is 1. The number of hydrogen-bond donors (Lipinski definition) is 1. The Morgan fingerprint density at radius 1 is 1.20 bits per heavy atom. The van der Waals surface area contributed by atoms with Crippen LogP contribution in [0, 0.1) is 11.3 Å². The Morgan fingerprint density at radius 2 is 1.87 bits per heavy atom. The minimum atomic E-state index is -0.0992. The summed E-state index contributed by atoms with van der Waals surface area (Å²) in [6.45, 7) is 7.20. The summed E-state index contributed by atoms with van der Waals surface area (Å²) in [5.74, 6) is 1.47. The van der Waals surface area contributed by atoms with Crippen LogP contribution < -0.4 is 9.47 Å². The zero-order chi connectivity index (χ0) is 20.9. The third-order valence-electron chi connectivity index (χ3n) is 6.66. The number of halogens is 1. The second-order valence-electron chi connectivity index (χ2n) is 9.06. The van der Waals surface area contributed by atoms with E-state index in [0.29, 0.717) is 23.5 Å². The summed E-state index contributed by atoms with van der Waals surface area (Å²) >= 11 is 0. The van der Waals surface area contributed by atoms with Gasteiger partial charge < -0.3 is 19.6 Å². The number of rotatable bonds is 3. The summed E-state index contributed by atoms with van der Waals surface area (Å²) in [4.78, 5) is 15.5. The van der Waals surface area contributed by atoms with Crippen LogP contribution in [0.5, 0.6) is 11.5 Å². The van der Waals surface area contributed by atoms with E-state index in [1.54, 1.807) is 14.2 Å². The molecule has 0 radical (unpaired) electrons. The molecular weight excluding hydrogens is 404 g/mol. The monoisotopic (exact) mass is 434 g/mol. The highest BCUT2D eigenvalue weighted by atomic mass is 35.5. The molecule has 0 bridgehead atoms. The predicted octanol–water partition coefficient (Wildman–Crippen LogP) is 4.54. The zero-order valence-electron chi connectivity index (χ0n) is 18.3. The normalized spacial score (nSPS) is 25.8. The highest BCUT2D eigenvalue weighted by Crippen LogP contribution is 2.51. The van der Waals surface area contributed by atoms with Crippen LogP contribution in [-0.2, 0) is 11.2 Å². The number of methoxy groups -OCH3 is 2. The number of ether oxygens (including phenoxy) is 2. The standard InChI is InChI=1S/C23H30N2O4.ClH/c1-6-14-21(24-27)20-16(11-23(2,3)12-17(20)26)25-8-7-13-9-18(28-4)19(29-5)10-15(13)22(14)25;/h9-10,14,22,27H,6-8,11-12H2,1-5H3;1H. The average Bonchev–Trinajstić information content (AvgIpc) is 2.70. The number of carbonyl (C=O) groups is 1. The minimum absolute atomic E-state index is 0. The van der Waals surface area contributed by atoms with Crippen LogP contribution in [0.25, 0.3) is 0 Å². The number of Topliss-reactive ketones (excluding diaryl/α,β-unsaturated/α-hetero) is 1. The molecule has 1 aromatic carbocycles. The van der Waals surface area contributed by atoms with Crippen LogP contribution in [0.1, 0.15) is 57.2 Å². The summed E-state index contributed by atoms with van der Waals surface area (Å²) in [5.41, 5.74) is 4.53. The molecule has 2 heterocycles. The van der Waals surface area contributed by atoms with Gasteiger partial charge in [-0.15, -0.1) is 12.4 Å². The third kappa shape index (κ3) is 3.35. The summed E-state index contributed by atoms with van der Waals surface area (Å²) in [7, 11) is 3.30. The van der Waals surface area contributed by atoms with Crippen molar-refractivity contribution in [3.63, 3.8) is 0 Å². The van der Waals surface area contributed by atoms with Crippen molar-refractivity contribution in [2.24, 2.45) is 16.5 Å². The van der Waals surface area contributed by atoms with Crippen molar-refractivity contribution < 1.29 is 19.5 Å². The lowest BCUT2D eigenvalue weighted by atomic mass is 9.67. The molecule has 1 N–H and O–H groups in total. The molecule has 0 saturated carbocycles. The Labute approximate surface area is 184 Å². The highest BCUT2D eigenvalue weighted by molar-refractivity contribution is 6.24. The van der Waals surface area contributed by atoms with Crippen molar-refractivity contribution in [3.05, 3.63) is 34.5 Å². The zero-order valence-corrected chi connectivity index (χ0v) is 19.1. The van der Waals surface area contributed by atoms with E-state index < -0.39 is 0 Å². The maximum atomic E-state index is 13.1. The van der Waals surface area contributed by atoms with Crippen LogP contribution >= 0.6 is 12.4 Å². The molecule has 0 fully saturated rings. The molecule has 2 aliphatic heterocycles. The Morgan fingerprint density at radius 3 is 2.47 bits per heavy atom. The largest absolute Gasteiger partial charge is 0.493 e. The number of carbonyl (C=O) groups excluding carboxylic acids is 1. The molecule has 1 aromatic rings. The molecule has 2 atom stereocenters. The minimum Gasteiger partial charge on any atom is -0.493 e. The average molecular weight is 435 g/mol. The van der Waals surface area contributed by atoms with Gasteiger partial charge in [0.2, 0.25) is 0 Å². The molecule has 0 spiro atoms. The SMILES string of the molecule is CCC1C(=NO)C2=C(CC(C)(C)CC2=O)N2CCc3cc(OC)c(OC)cc3C12.Cl. The summed E-state index contributed by atoms with van der Waals surface area (Å²) in [6.07, 6.45) is 2.95. The van der Waals surface area contributed by atoms with E-state index in [0.717, 1.165) is 37.3 Å². The first-order valence-corrected chi connectivity index (χ1v) is 10.3.